The van der Waals surface area contributed by atoms with Crippen molar-refractivity contribution < 1.29 is 0 Å². The molecule has 94 valence electrons. The van der Waals surface area contributed by atoms with E-state index < -0.39 is 0 Å². The Hall–Kier alpha value is -1.84. The molecule has 4 nitrogen and oxygen atoms in total. The topological polar surface area (TPSA) is 42.7 Å². The van der Waals surface area contributed by atoms with Crippen molar-refractivity contribution in [1.29, 1.82) is 0 Å². The second kappa shape index (κ2) is 4.44. The van der Waals surface area contributed by atoms with E-state index in [1.807, 2.05) is 6.92 Å². The number of nitrogens with zero attached hydrogens (tertiary/aromatic N) is 3. The zero-order valence-corrected chi connectivity index (χ0v) is 10.9. The Balaban J connectivity index is 2.04. The monoisotopic (exact) mass is 242 g/mol. The smallest absolute Gasteiger partial charge is 0.164 e. The molecule has 0 unspecified atom stereocenters. The number of benzene rings is 1. The number of fused-ring (bicyclic) bond motifs is 1. The van der Waals surface area contributed by atoms with Crippen LogP contribution in [0, 0.1) is 6.92 Å². The van der Waals surface area contributed by atoms with Crippen molar-refractivity contribution in [2.75, 3.05) is 11.9 Å². The maximum atomic E-state index is 4.32. The standard InChI is InChI=1S/C14H18N4/c1-3-8-18-10(2)16-17-14(18)12-5-4-11-6-7-15-13(11)9-12/h4-5,9,15H,3,6-8H2,1-2H3. The Morgan fingerprint density at radius 3 is 3.06 bits per heavy atom. The normalized spacial score (nSPS) is 13.4. The molecule has 3 rings (SSSR count). The van der Waals surface area contributed by atoms with Crippen molar-refractivity contribution >= 4 is 5.69 Å². The number of nitrogens with one attached hydrogen (secondary N) is 1. The number of anilines is 1. The van der Waals surface area contributed by atoms with Gasteiger partial charge in [0.2, 0.25) is 0 Å². The molecule has 1 aromatic carbocycles. The van der Waals surface area contributed by atoms with E-state index in [0.29, 0.717) is 0 Å². The molecule has 0 aliphatic carbocycles. The largest absolute Gasteiger partial charge is 0.384 e. The molecule has 0 saturated carbocycles. The van der Waals surface area contributed by atoms with Crippen LogP contribution in [-0.4, -0.2) is 21.3 Å². The maximum absolute atomic E-state index is 4.32. The average Bonchev–Trinajstić information content (AvgIpc) is 2.97. The van der Waals surface area contributed by atoms with Gasteiger partial charge in [-0.1, -0.05) is 19.1 Å². The first-order valence-electron chi connectivity index (χ1n) is 6.56. The van der Waals surface area contributed by atoms with Gasteiger partial charge in [0.25, 0.3) is 0 Å². The van der Waals surface area contributed by atoms with Gasteiger partial charge in [-0.2, -0.15) is 0 Å². The highest BCUT2D eigenvalue weighted by Crippen LogP contribution is 2.28. The number of hydrogen-bond acceptors (Lipinski definition) is 3. The van der Waals surface area contributed by atoms with Gasteiger partial charge in [-0.25, -0.2) is 0 Å². The van der Waals surface area contributed by atoms with E-state index in [9.17, 15) is 0 Å². The van der Waals surface area contributed by atoms with E-state index in [-0.39, 0.29) is 0 Å². The summed E-state index contributed by atoms with van der Waals surface area (Å²) in [6.45, 7) is 6.20. The molecule has 0 atom stereocenters. The minimum atomic E-state index is 0.971. The summed E-state index contributed by atoms with van der Waals surface area (Å²) in [6.07, 6.45) is 2.21. The molecule has 2 heterocycles. The Kier molecular flexibility index (Phi) is 2.78. The van der Waals surface area contributed by atoms with Gasteiger partial charge in [0, 0.05) is 24.3 Å². The first-order valence-corrected chi connectivity index (χ1v) is 6.56. The summed E-state index contributed by atoms with van der Waals surface area (Å²) in [5, 5.41) is 11.9. The lowest BCUT2D eigenvalue weighted by Crippen LogP contribution is -2.02. The van der Waals surface area contributed by atoms with Crippen LogP contribution in [0.1, 0.15) is 24.7 Å². The third-order valence-electron chi connectivity index (χ3n) is 3.46. The van der Waals surface area contributed by atoms with E-state index in [0.717, 1.165) is 43.1 Å². The van der Waals surface area contributed by atoms with Crippen molar-refractivity contribution in [3.05, 3.63) is 29.6 Å². The van der Waals surface area contributed by atoms with Crippen LogP contribution >= 0.6 is 0 Å². The van der Waals surface area contributed by atoms with Gasteiger partial charge >= 0.3 is 0 Å². The van der Waals surface area contributed by atoms with Crippen LogP contribution in [0.4, 0.5) is 5.69 Å². The summed E-state index contributed by atoms with van der Waals surface area (Å²) in [5.41, 5.74) is 3.80. The molecule has 0 amide bonds. The van der Waals surface area contributed by atoms with Crippen LogP contribution in [0.25, 0.3) is 11.4 Å². The highest BCUT2D eigenvalue weighted by Gasteiger charge is 2.14. The molecule has 1 aromatic heterocycles. The third kappa shape index (κ3) is 1.78. The molecule has 0 bridgehead atoms. The van der Waals surface area contributed by atoms with Crippen molar-refractivity contribution in [2.24, 2.45) is 0 Å². The van der Waals surface area contributed by atoms with Crippen molar-refractivity contribution in [3.8, 4) is 11.4 Å². The van der Waals surface area contributed by atoms with Crippen LogP contribution in [0.15, 0.2) is 18.2 Å². The molecule has 1 N–H and O–H groups in total. The van der Waals surface area contributed by atoms with E-state index in [1.165, 1.54) is 11.3 Å². The summed E-state index contributed by atoms with van der Waals surface area (Å²) in [7, 11) is 0. The zero-order chi connectivity index (χ0) is 12.5. The van der Waals surface area contributed by atoms with Gasteiger partial charge < -0.3 is 9.88 Å². The lowest BCUT2D eigenvalue weighted by atomic mass is 10.1. The predicted octanol–water partition coefficient (Wildman–Crippen LogP) is 2.63. The van der Waals surface area contributed by atoms with E-state index in [4.69, 9.17) is 0 Å². The molecule has 4 heteroatoms. The molecule has 0 fully saturated rings. The van der Waals surface area contributed by atoms with Crippen LogP contribution in [-0.2, 0) is 13.0 Å². The average molecular weight is 242 g/mol. The van der Waals surface area contributed by atoms with E-state index in [2.05, 4.69) is 45.2 Å². The third-order valence-corrected chi connectivity index (χ3v) is 3.46. The summed E-state index contributed by atoms with van der Waals surface area (Å²) in [6, 6.07) is 6.55. The summed E-state index contributed by atoms with van der Waals surface area (Å²) < 4.78 is 2.19. The summed E-state index contributed by atoms with van der Waals surface area (Å²) in [5.74, 6) is 1.96. The maximum Gasteiger partial charge on any atom is 0.164 e. The highest BCUT2D eigenvalue weighted by molar-refractivity contribution is 5.67. The van der Waals surface area contributed by atoms with Gasteiger partial charge in [-0.05, 0) is 31.4 Å². The number of aryl methyl sites for hydroxylation is 1. The molecule has 0 radical (unpaired) electrons. The van der Waals surface area contributed by atoms with Crippen LogP contribution in [0.5, 0.6) is 0 Å². The fourth-order valence-corrected chi connectivity index (χ4v) is 2.52. The number of aromatic nitrogens is 3. The Bertz CT molecular complexity index is 571. The fourth-order valence-electron chi connectivity index (χ4n) is 2.52. The molecule has 1 aliphatic rings. The minimum Gasteiger partial charge on any atom is -0.384 e. The van der Waals surface area contributed by atoms with Gasteiger partial charge in [0.1, 0.15) is 5.82 Å². The van der Waals surface area contributed by atoms with Crippen molar-refractivity contribution in [2.45, 2.75) is 33.2 Å². The van der Waals surface area contributed by atoms with Crippen LogP contribution in [0.2, 0.25) is 0 Å². The Morgan fingerprint density at radius 2 is 2.22 bits per heavy atom. The molecule has 2 aromatic rings. The second-order valence-corrected chi connectivity index (χ2v) is 4.77. The fraction of sp³-hybridized carbons (Fsp3) is 0.429. The zero-order valence-electron chi connectivity index (χ0n) is 10.9. The lowest BCUT2D eigenvalue weighted by Gasteiger charge is -2.08. The van der Waals surface area contributed by atoms with Crippen molar-refractivity contribution in [1.82, 2.24) is 14.8 Å². The first-order chi connectivity index (χ1) is 8.79. The number of hydrogen-bond donors (Lipinski definition) is 1. The minimum absolute atomic E-state index is 0.971. The molecule has 1 aliphatic heterocycles. The highest BCUT2D eigenvalue weighted by atomic mass is 15.3. The van der Waals surface area contributed by atoms with Crippen LogP contribution < -0.4 is 5.32 Å². The van der Waals surface area contributed by atoms with Crippen LogP contribution in [0.3, 0.4) is 0 Å². The summed E-state index contributed by atoms with van der Waals surface area (Å²) >= 11 is 0. The van der Waals surface area contributed by atoms with Gasteiger partial charge in [-0.3, -0.25) is 0 Å². The van der Waals surface area contributed by atoms with Gasteiger partial charge in [-0.15, -0.1) is 10.2 Å². The number of rotatable bonds is 3. The Morgan fingerprint density at radius 1 is 1.33 bits per heavy atom. The quantitative estimate of drug-likeness (QED) is 0.899. The first kappa shape index (κ1) is 11.3. The molecular formula is C14H18N4. The predicted molar refractivity (Wildman–Crippen MR) is 72.7 cm³/mol. The van der Waals surface area contributed by atoms with E-state index >= 15 is 0 Å². The molecule has 0 saturated heterocycles. The summed E-state index contributed by atoms with van der Waals surface area (Å²) in [4.78, 5) is 0. The molecule has 18 heavy (non-hydrogen) atoms. The molecular weight excluding hydrogens is 224 g/mol. The van der Waals surface area contributed by atoms with Gasteiger partial charge in [0.05, 0.1) is 0 Å². The van der Waals surface area contributed by atoms with Crippen molar-refractivity contribution in [3.63, 3.8) is 0 Å². The second-order valence-electron chi connectivity index (χ2n) is 4.77. The van der Waals surface area contributed by atoms with Gasteiger partial charge in [0.15, 0.2) is 5.82 Å². The molecule has 0 spiro atoms. The Labute approximate surface area is 107 Å². The SMILES string of the molecule is CCCn1c(C)nnc1-c1ccc2c(c1)NCC2. The van der Waals surface area contributed by atoms with E-state index in [1.54, 1.807) is 0 Å². The lowest BCUT2D eigenvalue weighted by molar-refractivity contribution is 0.663.